The zero-order valence-electron chi connectivity index (χ0n) is 28.5. The maximum absolute atomic E-state index is 6.50. The van der Waals surface area contributed by atoms with Crippen molar-refractivity contribution in [1.29, 1.82) is 0 Å². The van der Waals surface area contributed by atoms with Crippen LogP contribution in [-0.4, -0.2) is 9.13 Å². The molecule has 0 radical (unpaired) electrons. The van der Waals surface area contributed by atoms with Crippen molar-refractivity contribution in [1.82, 2.24) is 9.13 Å². The number of hydrogen-bond acceptors (Lipinski definition) is 1. The second-order valence-corrected chi connectivity index (χ2v) is 14.4. The van der Waals surface area contributed by atoms with Gasteiger partial charge in [0.05, 0.1) is 27.8 Å². The molecule has 9 aromatic carbocycles. The van der Waals surface area contributed by atoms with Crippen molar-refractivity contribution in [3.05, 3.63) is 170 Å². The lowest BCUT2D eigenvalue weighted by molar-refractivity contribution is 0.669. The third-order valence-corrected chi connectivity index (χ3v) is 11.8. The third-order valence-electron chi connectivity index (χ3n) is 11.8. The predicted molar refractivity (Wildman–Crippen MR) is 222 cm³/mol. The molecule has 0 amide bonds. The number of nitrogens with zero attached hydrogens (tertiary/aromatic N) is 2. The van der Waals surface area contributed by atoms with Crippen molar-refractivity contribution in [3.63, 3.8) is 0 Å². The Bertz CT molecular complexity index is 3540. The van der Waals surface area contributed by atoms with Gasteiger partial charge >= 0.3 is 0 Å². The van der Waals surface area contributed by atoms with Crippen molar-refractivity contribution >= 4 is 87.1 Å². The standard InChI is InChI=1S/C50H28N2O/c1-2-11-30-28-31(21-20-29(30)10-1)51-43-26-27-45-48(39-15-6-8-19-44(39)53-45)47(43)40-23-22-37-34-14-5-7-18-41(34)52(49(37)50(40)51)42-25-24-36-33-13-4-3-12-32(33)35-16-9-17-38(42)46(35)36/h1-28H. The molecule has 0 saturated carbocycles. The summed E-state index contributed by atoms with van der Waals surface area (Å²) in [6.07, 6.45) is 0. The van der Waals surface area contributed by atoms with E-state index in [0.29, 0.717) is 0 Å². The number of hydrogen-bond donors (Lipinski definition) is 0. The van der Waals surface area contributed by atoms with Crippen LogP contribution in [0, 0.1) is 0 Å². The summed E-state index contributed by atoms with van der Waals surface area (Å²) < 4.78 is 11.5. The number of rotatable bonds is 2. The highest BCUT2D eigenvalue weighted by Crippen LogP contribution is 2.50. The number of fused-ring (bicyclic) bond motifs is 15. The summed E-state index contributed by atoms with van der Waals surface area (Å²) in [6.45, 7) is 0. The van der Waals surface area contributed by atoms with E-state index in [1.807, 2.05) is 0 Å². The van der Waals surface area contributed by atoms with Crippen LogP contribution in [0.25, 0.3) is 121 Å². The number of benzene rings is 9. The topological polar surface area (TPSA) is 23.0 Å². The Morgan fingerprint density at radius 1 is 0.340 bits per heavy atom. The Morgan fingerprint density at radius 3 is 1.94 bits per heavy atom. The Hall–Kier alpha value is -7.10. The van der Waals surface area contributed by atoms with E-state index in [2.05, 4.69) is 179 Å². The van der Waals surface area contributed by atoms with Crippen LogP contribution in [0.1, 0.15) is 0 Å². The Balaban J connectivity index is 1.27. The Morgan fingerprint density at radius 2 is 1.04 bits per heavy atom. The SMILES string of the molecule is c1ccc2c(c1)-c1cccc3c(-n4c5ccccc5c5ccc6c7c8c(ccc7n(-c7ccc9ccccc9c7)c6c54)oc4ccccc48)ccc-2c13. The third kappa shape index (κ3) is 3.44. The number of furan rings is 1. The van der Waals surface area contributed by atoms with Crippen LogP contribution >= 0.6 is 0 Å². The van der Waals surface area contributed by atoms with Gasteiger partial charge in [-0.2, -0.15) is 0 Å². The predicted octanol–water partition coefficient (Wildman–Crippen LogP) is 13.7. The van der Waals surface area contributed by atoms with E-state index in [-0.39, 0.29) is 0 Å². The van der Waals surface area contributed by atoms with Crippen LogP contribution < -0.4 is 0 Å². The second-order valence-electron chi connectivity index (χ2n) is 14.4. The summed E-state index contributed by atoms with van der Waals surface area (Å²) in [4.78, 5) is 0. The van der Waals surface area contributed by atoms with E-state index >= 15 is 0 Å². The first-order valence-electron chi connectivity index (χ1n) is 18.3. The van der Waals surface area contributed by atoms with Gasteiger partial charge in [-0.3, -0.25) is 0 Å². The minimum atomic E-state index is 0.906. The molecule has 0 N–H and O–H groups in total. The highest BCUT2D eigenvalue weighted by atomic mass is 16.3. The zero-order valence-corrected chi connectivity index (χ0v) is 28.5. The first-order valence-corrected chi connectivity index (χ1v) is 18.3. The van der Waals surface area contributed by atoms with E-state index in [4.69, 9.17) is 4.42 Å². The highest BCUT2D eigenvalue weighted by Gasteiger charge is 2.27. The van der Waals surface area contributed by atoms with Crippen molar-refractivity contribution in [2.24, 2.45) is 0 Å². The average molecular weight is 673 g/mol. The maximum atomic E-state index is 6.50. The van der Waals surface area contributed by atoms with Crippen LogP contribution in [0.15, 0.2) is 174 Å². The molecule has 3 heterocycles. The molecule has 13 rings (SSSR count). The highest BCUT2D eigenvalue weighted by molar-refractivity contribution is 6.32. The van der Waals surface area contributed by atoms with Crippen LogP contribution in [0.2, 0.25) is 0 Å². The van der Waals surface area contributed by atoms with Gasteiger partial charge in [0.1, 0.15) is 11.2 Å². The van der Waals surface area contributed by atoms with E-state index in [0.717, 1.165) is 33.1 Å². The molecule has 0 atom stereocenters. The molecule has 1 aliphatic carbocycles. The van der Waals surface area contributed by atoms with Gasteiger partial charge < -0.3 is 13.6 Å². The first kappa shape index (κ1) is 27.6. The van der Waals surface area contributed by atoms with Gasteiger partial charge in [-0.1, -0.05) is 127 Å². The molecular weight excluding hydrogens is 645 g/mol. The molecule has 0 bridgehead atoms. The minimum Gasteiger partial charge on any atom is -0.456 e. The molecule has 0 saturated heterocycles. The molecule has 1 aliphatic rings. The first-order chi connectivity index (χ1) is 26.3. The summed E-state index contributed by atoms with van der Waals surface area (Å²) in [6, 6.07) is 62.3. The fourth-order valence-corrected chi connectivity index (χ4v) is 9.68. The molecule has 3 heteroatoms. The molecule has 0 fully saturated rings. The minimum absolute atomic E-state index is 0.906. The van der Waals surface area contributed by atoms with Gasteiger partial charge in [-0.25, -0.2) is 0 Å². The summed E-state index contributed by atoms with van der Waals surface area (Å²) in [7, 11) is 0. The number of para-hydroxylation sites is 2. The smallest absolute Gasteiger partial charge is 0.136 e. The Labute approximate surface area is 303 Å². The molecule has 0 aliphatic heterocycles. The van der Waals surface area contributed by atoms with Gasteiger partial charge in [-0.05, 0) is 80.9 Å². The molecule has 0 unspecified atom stereocenters. The molecular formula is C50H28N2O. The second kappa shape index (κ2) is 9.81. The van der Waals surface area contributed by atoms with Gasteiger partial charge in [-0.15, -0.1) is 0 Å². The molecule has 3 nitrogen and oxygen atoms in total. The monoisotopic (exact) mass is 672 g/mol. The van der Waals surface area contributed by atoms with Crippen LogP contribution in [-0.2, 0) is 0 Å². The van der Waals surface area contributed by atoms with Crippen molar-refractivity contribution in [2.45, 2.75) is 0 Å². The zero-order chi connectivity index (χ0) is 34.4. The van der Waals surface area contributed by atoms with E-state index in [1.54, 1.807) is 0 Å². The van der Waals surface area contributed by atoms with E-state index < -0.39 is 0 Å². The van der Waals surface area contributed by atoms with Crippen LogP contribution in [0.4, 0.5) is 0 Å². The summed E-state index contributed by atoms with van der Waals surface area (Å²) in [5.74, 6) is 0. The summed E-state index contributed by atoms with van der Waals surface area (Å²) in [5, 5.41) is 12.2. The van der Waals surface area contributed by atoms with Crippen molar-refractivity contribution in [2.75, 3.05) is 0 Å². The molecule has 0 spiro atoms. The largest absolute Gasteiger partial charge is 0.456 e. The lowest BCUT2D eigenvalue weighted by atomic mass is 10.0. The molecule has 244 valence electrons. The van der Waals surface area contributed by atoms with E-state index in [1.165, 1.54) is 87.6 Å². The lowest BCUT2D eigenvalue weighted by Crippen LogP contribution is -1.99. The number of aromatic nitrogens is 2. The molecule has 3 aromatic heterocycles. The van der Waals surface area contributed by atoms with Crippen LogP contribution in [0.5, 0.6) is 0 Å². The van der Waals surface area contributed by atoms with Gasteiger partial charge in [0.2, 0.25) is 0 Å². The van der Waals surface area contributed by atoms with Crippen molar-refractivity contribution in [3.8, 4) is 33.6 Å². The maximum Gasteiger partial charge on any atom is 0.136 e. The average Bonchev–Trinajstić information content (AvgIpc) is 3.95. The summed E-state index contributed by atoms with van der Waals surface area (Å²) in [5.41, 5.74) is 14.1. The molecule has 53 heavy (non-hydrogen) atoms. The summed E-state index contributed by atoms with van der Waals surface area (Å²) >= 11 is 0. The van der Waals surface area contributed by atoms with Gasteiger partial charge in [0, 0.05) is 43.4 Å². The normalized spacial score (nSPS) is 12.5. The lowest BCUT2D eigenvalue weighted by Gasteiger charge is -2.15. The quantitative estimate of drug-likeness (QED) is 0.179. The van der Waals surface area contributed by atoms with Gasteiger partial charge in [0.15, 0.2) is 0 Å². The van der Waals surface area contributed by atoms with E-state index in [9.17, 15) is 0 Å². The van der Waals surface area contributed by atoms with Crippen molar-refractivity contribution < 1.29 is 4.42 Å². The van der Waals surface area contributed by atoms with Gasteiger partial charge in [0.25, 0.3) is 0 Å². The molecule has 12 aromatic rings. The fourth-order valence-electron chi connectivity index (χ4n) is 9.68. The Kier molecular flexibility index (Phi) is 5.11. The fraction of sp³-hybridized carbons (Fsp3) is 0. The van der Waals surface area contributed by atoms with Crippen LogP contribution in [0.3, 0.4) is 0 Å².